The van der Waals surface area contributed by atoms with Crippen molar-refractivity contribution < 1.29 is 9.90 Å². The van der Waals surface area contributed by atoms with Gasteiger partial charge in [0.05, 0.1) is 0 Å². The second-order valence-corrected chi connectivity index (χ2v) is 4.86. The van der Waals surface area contributed by atoms with Gasteiger partial charge in [-0.25, -0.2) is 14.3 Å². The van der Waals surface area contributed by atoms with Crippen LogP contribution < -0.4 is 0 Å². The fourth-order valence-corrected chi connectivity index (χ4v) is 2.22. The van der Waals surface area contributed by atoms with Crippen molar-refractivity contribution in [1.82, 2.24) is 14.6 Å². The van der Waals surface area contributed by atoms with Crippen LogP contribution in [0.1, 0.15) is 10.4 Å². The lowest BCUT2D eigenvalue weighted by Gasteiger charge is -1.94. The van der Waals surface area contributed by atoms with Gasteiger partial charge < -0.3 is 5.11 Å². The van der Waals surface area contributed by atoms with Gasteiger partial charge in [0, 0.05) is 16.2 Å². The van der Waals surface area contributed by atoms with Crippen LogP contribution in [0.4, 0.5) is 0 Å². The molecule has 0 spiro atoms. The van der Waals surface area contributed by atoms with Gasteiger partial charge in [-0.05, 0) is 24.3 Å². The molecule has 2 heterocycles. The normalized spacial score (nSPS) is 10.8. The molecule has 0 atom stereocenters. The Balaban J connectivity index is 2.22. The lowest BCUT2D eigenvalue weighted by molar-refractivity contribution is 0.0698. The van der Waals surface area contributed by atoms with Crippen LogP contribution >= 0.6 is 15.9 Å². The number of nitrogens with zero attached hydrogens (tertiary/aromatic N) is 3. The monoisotopic (exact) mass is 317 g/mol. The van der Waals surface area contributed by atoms with E-state index in [9.17, 15) is 4.79 Å². The summed E-state index contributed by atoms with van der Waals surface area (Å²) in [5, 5.41) is 13.4. The number of carboxylic acid groups (broad SMARTS) is 1. The van der Waals surface area contributed by atoms with Gasteiger partial charge in [0.25, 0.3) is 0 Å². The minimum Gasteiger partial charge on any atom is -0.478 e. The molecule has 6 heteroatoms. The molecule has 3 aromatic rings. The molecule has 0 aliphatic rings. The molecule has 19 heavy (non-hydrogen) atoms. The lowest BCUT2D eigenvalue weighted by Crippen LogP contribution is -2.00. The van der Waals surface area contributed by atoms with Gasteiger partial charge in [-0.2, -0.15) is 0 Å². The summed E-state index contributed by atoms with van der Waals surface area (Å²) in [6.07, 6.45) is 1.68. The zero-order chi connectivity index (χ0) is 13.4. The number of aromatic nitrogens is 3. The molecule has 2 aromatic heterocycles. The van der Waals surface area contributed by atoms with Gasteiger partial charge in [-0.1, -0.05) is 28.1 Å². The largest absolute Gasteiger partial charge is 0.478 e. The third kappa shape index (κ3) is 2.10. The Hall–Kier alpha value is -2.21. The van der Waals surface area contributed by atoms with Gasteiger partial charge in [0.15, 0.2) is 11.5 Å². The first kappa shape index (κ1) is 11.9. The minimum atomic E-state index is -1.02. The molecule has 0 amide bonds. The first-order chi connectivity index (χ1) is 9.15. The maximum Gasteiger partial charge on any atom is 0.339 e. The molecule has 1 N–H and O–H groups in total. The van der Waals surface area contributed by atoms with E-state index in [1.165, 1.54) is 10.6 Å². The van der Waals surface area contributed by atoms with E-state index in [4.69, 9.17) is 5.11 Å². The molecule has 0 radical (unpaired) electrons. The average molecular weight is 318 g/mol. The Kier molecular flexibility index (Phi) is 2.79. The van der Waals surface area contributed by atoms with Crippen molar-refractivity contribution in [2.75, 3.05) is 0 Å². The van der Waals surface area contributed by atoms with Crippen molar-refractivity contribution >= 4 is 27.5 Å². The predicted molar refractivity (Wildman–Crippen MR) is 73.1 cm³/mol. The first-order valence-corrected chi connectivity index (χ1v) is 6.29. The molecule has 5 nitrogen and oxygen atoms in total. The molecular weight excluding hydrogens is 310 g/mol. The number of rotatable bonds is 2. The summed E-state index contributed by atoms with van der Waals surface area (Å²) in [7, 11) is 0. The van der Waals surface area contributed by atoms with Crippen LogP contribution in [0.2, 0.25) is 0 Å². The molecule has 0 saturated heterocycles. The second kappa shape index (κ2) is 4.47. The second-order valence-electron chi connectivity index (χ2n) is 3.94. The molecule has 0 aliphatic carbocycles. The number of fused-ring (bicyclic) bond motifs is 1. The Morgan fingerprint density at radius 3 is 2.84 bits per heavy atom. The fraction of sp³-hybridized carbons (Fsp3) is 0. The lowest BCUT2D eigenvalue weighted by atomic mass is 10.2. The van der Waals surface area contributed by atoms with Crippen LogP contribution in [0.25, 0.3) is 17.0 Å². The van der Waals surface area contributed by atoms with Gasteiger partial charge >= 0.3 is 5.97 Å². The van der Waals surface area contributed by atoms with Crippen LogP contribution in [0.3, 0.4) is 0 Å². The van der Waals surface area contributed by atoms with E-state index in [0.29, 0.717) is 11.5 Å². The number of halogens is 1. The van der Waals surface area contributed by atoms with Crippen molar-refractivity contribution in [3.63, 3.8) is 0 Å². The number of carbonyl (C=O) groups is 1. The van der Waals surface area contributed by atoms with Crippen molar-refractivity contribution in [2.24, 2.45) is 0 Å². The zero-order valence-electron chi connectivity index (χ0n) is 9.62. The summed E-state index contributed by atoms with van der Waals surface area (Å²) in [6, 6.07) is 10.7. The van der Waals surface area contributed by atoms with Gasteiger partial charge in [-0.3, -0.25) is 0 Å². The van der Waals surface area contributed by atoms with E-state index in [-0.39, 0.29) is 5.56 Å². The number of carboxylic acids is 1. The zero-order valence-corrected chi connectivity index (χ0v) is 11.2. The van der Waals surface area contributed by atoms with Crippen LogP contribution in [0.15, 0.2) is 47.1 Å². The van der Waals surface area contributed by atoms with E-state index in [2.05, 4.69) is 26.0 Å². The highest BCUT2D eigenvalue weighted by atomic mass is 79.9. The van der Waals surface area contributed by atoms with E-state index in [1.807, 2.05) is 24.3 Å². The highest BCUT2D eigenvalue weighted by molar-refractivity contribution is 9.10. The topological polar surface area (TPSA) is 67.5 Å². The molecule has 0 aliphatic heterocycles. The van der Waals surface area contributed by atoms with Crippen LogP contribution in [0.5, 0.6) is 0 Å². The summed E-state index contributed by atoms with van der Waals surface area (Å²) in [5.41, 5.74) is 1.30. The highest BCUT2D eigenvalue weighted by Gasteiger charge is 2.13. The molecule has 0 bridgehead atoms. The van der Waals surface area contributed by atoms with E-state index in [1.54, 1.807) is 12.3 Å². The molecule has 0 saturated carbocycles. The molecule has 0 fully saturated rings. The van der Waals surface area contributed by atoms with Crippen molar-refractivity contribution in [3.8, 4) is 11.4 Å². The molecule has 0 unspecified atom stereocenters. The molecular formula is C13H8BrN3O2. The molecule has 94 valence electrons. The van der Waals surface area contributed by atoms with E-state index < -0.39 is 5.97 Å². The summed E-state index contributed by atoms with van der Waals surface area (Å²) in [6.45, 7) is 0. The summed E-state index contributed by atoms with van der Waals surface area (Å²) >= 11 is 3.38. The highest BCUT2D eigenvalue weighted by Crippen LogP contribution is 2.21. The van der Waals surface area contributed by atoms with Gasteiger partial charge in [0.2, 0.25) is 0 Å². The van der Waals surface area contributed by atoms with Crippen LogP contribution in [0, 0.1) is 0 Å². The summed E-state index contributed by atoms with van der Waals surface area (Å²) in [4.78, 5) is 15.4. The SMILES string of the molecule is O=C(O)c1cccn2nc(-c3cccc(Br)c3)nc12. The number of benzene rings is 1. The summed E-state index contributed by atoms with van der Waals surface area (Å²) in [5.74, 6) is -0.520. The molecule has 1 aromatic carbocycles. The Morgan fingerprint density at radius 1 is 1.26 bits per heavy atom. The maximum atomic E-state index is 11.1. The minimum absolute atomic E-state index is 0.135. The van der Waals surface area contributed by atoms with Crippen LogP contribution in [-0.2, 0) is 0 Å². The standard InChI is InChI=1S/C13H8BrN3O2/c14-9-4-1-3-8(7-9)11-15-12-10(13(18)19)5-2-6-17(12)16-11/h1-7H,(H,18,19). The fourth-order valence-electron chi connectivity index (χ4n) is 1.82. The van der Waals surface area contributed by atoms with Crippen molar-refractivity contribution in [1.29, 1.82) is 0 Å². The third-order valence-electron chi connectivity index (χ3n) is 2.68. The van der Waals surface area contributed by atoms with E-state index >= 15 is 0 Å². The van der Waals surface area contributed by atoms with Crippen LogP contribution in [-0.4, -0.2) is 25.7 Å². The number of hydrogen-bond donors (Lipinski definition) is 1. The number of hydrogen-bond acceptors (Lipinski definition) is 3. The summed E-state index contributed by atoms with van der Waals surface area (Å²) < 4.78 is 2.39. The number of aromatic carboxylic acids is 1. The first-order valence-electron chi connectivity index (χ1n) is 5.50. The maximum absolute atomic E-state index is 11.1. The van der Waals surface area contributed by atoms with Gasteiger partial charge in [-0.15, -0.1) is 5.10 Å². The quantitative estimate of drug-likeness (QED) is 0.789. The van der Waals surface area contributed by atoms with Crippen molar-refractivity contribution in [2.45, 2.75) is 0 Å². The Morgan fingerprint density at radius 2 is 2.11 bits per heavy atom. The Bertz CT molecular complexity index is 782. The Labute approximate surface area is 116 Å². The molecule has 3 rings (SSSR count). The predicted octanol–water partition coefficient (Wildman–Crippen LogP) is 2.86. The third-order valence-corrected chi connectivity index (χ3v) is 3.17. The van der Waals surface area contributed by atoms with E-state index in [0.717, 1.165) is 10.0 Å². The van der Waals surface area contributed by atoms with Gasteiger partial charge in [0.1, 0.15) is 5.56 Å². The van der Waals surface area contributed by atoms with Crippen molar-refractivity contribution in [3.05, 3.63) is 52.6 Å². The smallest absolute Gasteiger partial charge is 0.339 e. The number of pyridine rings is 1. The average Bonchev–Trinajstić information content (AvgIpc) is 2.82.